The van der Waals surface area contributed by atoms with Gasteiger partial charge >= 0.3 is 0 Å². The molecule has 2 heterocycles. The molecule has 1 N–H and O–H groups in total. The van der Waals surface area contributed by atoms with E-state index in [1.165, 1.54) is 11.8 Å². The van der Waals surface area contributed by atoms with Crippen LogP contribution < -0.4 is 0 Å². The first-order valence-corrected chi connectivity index (χ1v) is 16.2. The number of aliphatic hydroxyl groups excluding tert-OH is 1. The number of rotatable bonds is 12. The molecule has 2 saturated carbocycles. The minimum Gasteiger partial charge on any atom is -0.392 e. The smallest absolute Gasteiger partial charge is 0.150 e. The molecule has 2 aromatic heterocycles. The molecule has 2 aromatic rings. The highest BCUT2D eigenvalue weighted by molar-refractivity contribution is 8.01. The molecule has 7 heteroatoms. The molecule has 0 saturated heterocycles. The Labute approximate surface area is 242 Å². The first kappa shape index (κ1) is 30.1. The lowest BCUT2D eigenvalue weighted by atomic mass is 9.47. The van der Waals surface area contributed by atoms with Crippen LogP contribution in [0.15, 0.2) is 46.9 Å². The standard InChI is InChI=1S/C32H44N2O3S2/c1-7-30(5,8-2)28(37)22(4)32-15-9-21(3)31(6,27(32)26(36)11-16-32)14-10-24(35)19-38-29-34-25(20-39-29)23-12-17-33-18-13-23/h7,12-13,17-18,20-22,27-28,37H,1,8-11,14-16,19H2,2-6H3/t21-,22+,27+,28+,30-,31-,32+/m1/s1. The van der Waals surface area contributed by atoms with E-state index in [1.54, 1.807) is 23.7 Å². The van der Waals surface area contributed by atoms with E-state index in [4.69, 9.17) is 0 Å². The minimum absolute atomic E-state index is 0.0190. The Morgan fingerprint density at radius 3 is 2.74 bits per heavy atom. The van der Waals surface area contributed by atoms with Crippen molar-refractivity contribution in [2.75, 3.05) is 5.75 Å². The zero-order chi connectivity index (χ0) is 28.4. The van der Waals surface area contributed by atoms with Crippen LogP contribution in [-0.4, -0.2) is 38.5 Å². The number of hydrogen-bond acceptors (Lipinski definition) is 7. The molecular formula is C32H44N2O3S2. The van der Waals surface area contributed by atoms with Crippen LogP contribution in [0.5, 0.6) is 0 Å². The second kappa shape index (κ2) is 12.0. The lowest BCUT2D eigenvalue weighted by Gasteiger charge is -2.57. The molecule has 0 radical (unpaired) electrons. The molecule has 0 aromatic carbocycles. The Kier molecular flexibility index (Phi) is 9.24. The third kappa shape index (κ3) is 5.69. The van der Waals surface area contributed by atoms with Crippen LogP contribution >= 0.6 is 23.1 Å². The summed E-state index contributed by atoms with van der Waals surface area (Å²) in [6, 6.07) is 3.87. The average Bonchev–Trinajstić information content (AvgIpc) is 3.58. The summed E-state index contributed by atoms with van der Waals surface area (Å²) in [7, 11) is 0. The molecule has 0 unspecified atom stereocenters. The quantitative estimate of drug-likeness (QED) is 0.209. The van der Waals surface area contributed by atoms with E-state index in [1.807, 2.05) is 23.6 Å². The predicted molar refractivity (Wildman–Crippen MR) is 161 cm³/mol. The lowest BCUT2D eigenvalue weighted by molar-refractivity contribution is -0.148. The van der Waals surface area contributed by atoms with Crippen LogP contribution in [0.1, 0.15) is 79.6 Å². The molecule has 7 atom stereocenters. The summed E-state index contributed by atoms with van der Waals surface area (Å²) < 4.78 is 0.890. The number of aromatic nitrogens is 2. The van der Waals surface area contributed by atoms with Gasteiger partial charge in [0.05, 0.1) is 17.6 Å². The molecule has 39 heavy (non-hydrogen) atoms. The second-order valence-electron chi connectivity index (χ2n) is 12.4. The van der Waals surface area contributed by atoms with Crippen molar-refractivity contribution in [2.24, 2.45) is 34.0 Å². The number of nitrogens with zero attached hydrogens (tertiary/aromatic N) is 2. The Morgan fingerprint density at radius 1 is 1.36 bits per heavy atom. The summed E-state index contributed by atoms with van der Waals surface area (Å²) in [5.74, 6) is 1.13. The maximum Gasteiger partial charge on any atom is 0.150 e. The van der Waals surface area contributed by atoms with E-state index in [-0.39, 0.29) is 33.9 Å². The van der Waals surface area contributed by atoms with Gasteiger partial charge in [0.2, 0.25) is 0 Å². The Balaban J connectivity index is 1.45. The number of Topliss-reactive ketones (excluding diaryl/α,β-unsaturated/α-hetero) is 2. The first-order chi connectivity index (χ1) is 18.5. The number of carbonyl (C=O) groups excluding carboxylic acids is 2. The summed E-state index contributed by atoms with van der Waals surface area (Å²) >= 11 is 3.06. The number of thioether (sulfide) groups is 1. The Morgan fingerprint density at radius 2 is 2.08 bits per heavy atom. The Hall–Kier alpha value is -1.83. The highest BCUT2D eigenvalue weighted by Crippen LogP contribution is 2.65. The summed E-state index contributed by atoms with van der Waals surface area (Å²) in [4.78, 5) is 35.4. The number of pyridine rings is 1. The van der Waals surface area contributed by atoms with Gasteiger partial charge in [-0.05, 0) is 66.9 Å². The van der Waals surface area contributed by atoms with Gasteiger partial charge in [-0.3, -0.25) is 14.6 Å². The van der Waals surface area contributed by atoms with E-state index in [2.05, 4.69) is 51.2 Å². The molecule has 5 nitrogen and oxygen atoms in total. The normalized spacial score (nSPS) is 29.8. The predicted octanol–water partition coefficient (Wildman–Crippen LogP) is 7.65. The number of thiazole rings is 1. The molecule has 2 fully saturated rings. The third-order valence-electron chi connectivity index (χ3n) is 10.6. The van der Waals surface area contributed by atoms with Crippen molar-refractivity contribution in [2.45, 2.75) is 90.0 Å². The van der Waals surface area contributed by atoms with Crippen LogP contribution in [0.2, 0.25) is 0 Å². The van der Waals surface area contributed by atoms with E-state index in [9.17, 15) is 14.7 Å². The topological polar surface area (TPSA) is 80.1 Å². The number of aliphatic hydroxyl groups is 1. The molecular weight excluding hydrogens is 524 g/mol. The number of hydrogen-bond donors (Lipinski definition) is 1. The average molecular weight is 569 g/mol. The number of ketones is 2. The van der Waals surface area contributed by atoms with Crippen molar-refractivity contribution in [3.05, 3.63) is 42.6 Å². The maximum atomic E-state index is 13.6. The first-order valence-electron chi connectivity index (χ1n) is 14.4. The van der Waals surface area contributed by atoms with Gasteiger partial charge in [-0.15, -0.1) is 17.9 Å². The van der Waals surface area contributed by atoms with Crippen molar-refractivity contribution in [1.82, 2.24) is 9.97 Å². The third-order valence-corrected chi connectivity index (χ3v) is 12.7. The highest BCUT2D eigenvalue weighted by Gasteiger charge is 2.63. The summed E-state index contributed by atoms with van der Waals surface area (Å²) in [6.45, 7) is 14.8. The van der Waals surface area contributed by atoms with Crippen LogP contribution in [0.4, 0.5) is 0 Å². The molecule has 2 aliphatic carbocycles. The van der Waals surface area contributed by atoms with Gasteiger partial charge in [-0.2, -0.15) is 0 Å². The lowest BCUT2D eigenvalue weighted by Crippen LogP contribution is -2.55. The van der Waals surface area contributed by atoms with Gasteiger partial charge in [-0.1, -0.05) is 52.5 Å². The van der Waals surface area contributed by atoms with Crippen molar-refractivity contribution in [1.29, 1.82) is 0 Å². The monoisotopic (exact) mass is 568 g/mol. The van der Waals surface area contributed by atoms with E-state index >= 15 is 0 Å². The molecule has 0 bridgehead atoms. The number of fused-ring (bicyclic) bond motifs is 1. The summed E-state index contributed by atoms with van der Waals surface area (Å²) in [5, 5.41) is 13.6. The van der Waals surface area contributed by atoms with Crippen LogP contribution in [-0.2, 0) is 9.59 Å². The fourth-order valence-corrected chi connectivity index (χ4v) is 9.17. The summed E-state index contributed by atoms with van der Waals surface area (Å²) in [5.41, 5.74) is 1.06. The van der Waals surface area contributed by atoms with Crippen LogP contribution in [0, 0.1) is 34.0 Å². The fourth-order valence-electron chi connectivity index (χ4n) is 7.43. The highest BCUT2D eigenvalue weighted by atomic mass is 32.2. The van der Waals surface area contributed by atoms with Crippen LogP contribution in [0.3, 0.4) is 0 Å². The molecule has 4 rings (SSSR count). The zero-order valence-corrected chi connectivity index (χ0v) is 25.7. The fraction of sp³-hybridized carbons (Fsp3) is 0.625. The van der Waals surface area contributed by atoms with Gasteiger partial charge in [0.1, 0.15) is 11.6 Å². The largest absolute Gasteiger partial charge is 0.392 e. The van der Waals surface area contributed by atoms with Gasteiger partial charge in [0, 0.05) is 47.5 Å². The van der Waals surface area contributed by atoms with Gasteiger partial charge < -0.3 is 5.11 Å². The molecule has 0 amide bonds. The molecule has 0 aliphatic heterocycles. The van der Waals surface area contributed by atoms with Crippen molar-refractivity contribution in [3.63, 3.8) is 0 Å². The molecule has 212 valence electrons. The van der Waals surface area contributed by atoms with E-state index in [0.29, 0.717) is 36.7 Å². The molecule has 0 spiro atoms. The van der Waals surface area contributed by atoms with Gasteiger partial charge in [0.25, 0.3) is 0 Å². The van der Waals surface area contributed by atoms with Crippen molar-refractivity contribution >= 4 is 34.7 Å². The maximum absolute atomic E-state index is 13.6. The second-order valence-corrected chi connectivity index (χ2v) is 14.5. The van der Waals surface area contributed by atoms with E-state index < -0.39 is 6.10 Å². The van der Waals surface area contributed by atoms with Crippen molar-refractivity contribution in [3.8, 4) is 11.3 Å². The van der Waals surface area contributed by atoms with Gasteiger partial charge in [-0.25, -0.2) is 4.98 Å². The SMILES string of the molecule is C=C[C@](C)(CC)[C@@H](O)[C@H](C)[C@]12CCC(=O)[C@H]1[C@](C)(CCC(=O)CSc1nc(-c3ccncc3)cs1)[C@H](C)CC2. The van der Waals surface area contributed by atoms with E-state index in [0.717, 1.165) is 41.3 Å². The minimum atomic E-state index is -0.556. The number of carbonyl (C=O) groups is 2. The molecule has 2 aliphatic rings. The van der Waals surface area contributed by atoms with Gasteiger partial charge in [0.15, 0.2) is 4.34 Å². The summed E-state index contributed by atoms with van der Waals surface area (Å²) in [6.07, 6.45) is 10.2. The van der Waals surface area contributed by atoms with Crippen LogP contribution in [0.25, 0.3) is 11.3 Å². The Bertz CT molecular complexity index is 1180. The van der Waals surface area contributed by atoms with Crippen molar-refractivity contribution < 1.29 is 14.7 Å². The zero-order valence-electron chi connectivity index (χ0n) is 24.1.